The van der Waals surface area contributed by atoms with Gasteiger partial charge in [0.25, 0.3) is 0 Å². The SMILES string of the molecule is CC1(CNc2ccc(S(N)(=O)=O)cc2)COC1. The lowest BCUT2D eigenvalue weighted by molar-refractivity contribution is -0.0924. The zero-order valence-electron chi connectivity index (χ0n) is 9.64. The summed E-state index contributed by atoms with van der Waals surface area (Å²) in [7, 11) is -3.60. The molecule has 1 aromatic rings. The van der Waals surface area contributed by atoms with Gasteiger partial charge >= 0.3 is 0 Å². The van der Waals surface area contributed by atoms with Crippen LogP contribution < -0.4 is 10.5 Å². The van der Waals surface area contributed by atoms with Crippen molar-refractivity contribution in [2.45, 2.75) is 11.8 Å². The van der Waals surface area contributed by atoms with E-state index in [-0.39, 0.29) is 10.3 Å². The lowest BCUT2D eigenvalue weighted by atomic mass is 9.89. The van der Waals surface area contributed by atoms with E-state index in [2.05, 4.69) is 12.2 Å². The fraction of sp³-hybridized carbons (Fsp3) is 0.455. The second-order valence-electron chi connectivity index (χ2n) is 4.73. The Balaban J connectivity index is 1.99. The van der Waals surface area contributed by atoms with Crippen LogP contribution in [0.3, 0.4) is 0 Å². The highest BCUT2D eigenvalue weighted by Gasteiger charge is 2.32. The number of benzene rings is 1. The van der Waals surface area contributed by atoms with Gasteiger partial charge in [-0.2, -0.15) is 0 Å². The minimum absolute atomic E-state index is 0.126. The molecule has 0 spiro atoms. The molecule has 0 radical (unpaired) electrons. The first-order valence-corrected chi connectivity index (χ1v) is 6.88. The van der Waals surface area contributed by atoms with Gasteiger partial charge in [-0.05, 0) is 24.3 Å². The van der Waals surface area contributed by atoms with Crippen LogP contribution in [0.2, 0.25) is 0 Å². The highest BCUT2D eigenvalue weighted by molar-refractivity contribution is 7.89. The Morgan fingerprint density at radius 3 is 2.35 bits per heavy atom. The van der Waals surface area contributed by atoms with E-state index >= 15 is 0 Å². The summed E-state index contributed by atoms with van der Waals surface area (Å²) in [4.78, 5) is 0.126. The number of nitrogens with one attached hydrogen (secondary N) is 1. The molecule has 0 saturated carbocycles. The summed E-state index contributed by atoms with van der Waals surface area (Å²) in [5.41, 5.74) is 1.06. The van der Waals surface area contributed by atoms with E-state index in [1.807, 2.05) is 0 Å². The zero-order valence-corrected chi connectivity index (χ0v) is 10.5. The summed E-state index contributed by atoms with van der Waals surface area (Å²) >= 11 is 0. The summed E-state index contributed by atoms with van der Waals surface area (Å²) in [6, 6.07) is 6.42. The third-order valence-electron chi connectivity index (χ3n) is 2.80. The van der Waals surface area contributed by atoms with E-state index in [4.69, 9.17) is 9.88 Å². The molecular weight excluding hydrogens is 240 g/mol. The van der Waals surface area contributed by atoms with Crippen molar-refractivity contribution in [2.75, 3.05) is 25.1 Å². The molecule has 6 heteroatoms. The molecule has 0 aromatic heterocycles. The molecule has 0 amide bonds. The Hall–Kier alpha value is -1.11. The van der Waals surface area contributed by atoms with E-state index in [1.54, 1.807) is 12.1 Å². The fourth-order valence-corrected chi connectivity index (χ4v) is 2.15. The molecule has 1 heterocycles. The summed E-state index contributed by atoms with van der Waals surface area (Å²) < 4.78 is 27.3. The Morgan fingerprint density at radius 2 is 1.94 bits per heavy atom. The topological polar surface area (TPSA) is 81.4 Å². The Morgan fingerprint density at radius 1 is 1.35 bits per heavy atom. The summed E-state index contributed by atoms with van der Waals surface area (Å²) in [6.45, 7) is 4.47. The lowest BCUT2D eigenvalue weighted by Crippen LogP contribution is -2.45. The molecule has 0 atom stereocenters. The third-order valence-corrected chi connectivity index (χ3v) is 3.73. The molecule has 1 fully saturated rings. The zero-order chi connectivity index (χ0) is 12.5. The standard InChI is InChI=1S/C11H16N2O3S/c1-11(7-16-8-11)6-13-9-2-4-10(5-3-9)17(12,14)15/h2-5,13H,6-8H2,1H3,(H2,12,14,15). The number of hydrogen-bond acceptors (Lipinski definition) is 4. The number of rotatable bonds is 4. The predicted octanol–water partition coefficient (Wildman–Crippen LogP) is 0.782. The van der Waals surface area contributed by atoms with Gasteiger partial charge < -0.3 is 10.1 Å². The average Bonchev–Trinajstić information content (AvgIpc) is 2.23. The molecule has 2 rings (SSSR count). The van der Waals surface area contributed by atoms with Crippen LogP contribution in [-0.4, -0.2) is 28.2 Å². The largest absolute Gasteiger partial charge is 0.384 e. The first kappa shape index (κ1) is 12.3. The van der Waals surface area contributed by atoms with Crippen LogP contribution in [0.25, 0.3) is 0 Å². The van der Waals surface area contributed by atoms with Crippen molar-refractivity contribution in [3.8, 4) is 0 Å². The van der Waals surface area contributed by atoms with Gasteiger partial charge in [0.1, 0.15) is 0 Å². The summed E-state index contributed by atoms with van der Waals surface area (Å²) in [5, 5.41) is 8.27. The molecular formula is C11H16N2O3S. The maximum atomic E-state index is 11.1. The van der Waals surface area contributed by atoms with Gasteiger partial charge in [-0.15, -0.1) is 0 Å². The molecule has 0 bridgehead atoms. The molecule has 5 nitrogen and oxygen atoms in total. The highest BCUT2D eigenvalue weighted by Crippen LogP contribution is 2.26. The van der Waals surface area contributed by atoms with Crippen molar-refractivity contribution < 1.29 is 13.2 Å². The van der Waals surface area contributed by atoms with Crippen molar-refractivity contribution in [3.05, 3.63) is 24.3 Å². The van der Waals surface area contributed by atoms with E-state index < -0.39 is 10.0 Å². The fourth-order valence-electron chi connectivity index (χ4n) is 1.63. The maximum absolute atomic E-state index is 11.1. The van der Waals surface area contributed by atoms with Crippen LogP contribution in [0.15, 0.2) is 29.2 Å². The number of hydrogen-bond donors (Lipinski definition) is 2. The molecule has 0 unspecified atom stereocenters. The minimum Gasteiger partial charge on any atom is -0.384 e. The van der Waals surface area contributed by atoms with Gasteiger partial charge in [0, 0.05) is 17.6 Å². The molecule has 0 aliphatic carbocycles. The van der Waals surface area contributed by atoms with Crippen molar-refractivity contribution in [1.82, 2.24) is 0 Å². The third kappa shape index (κ3) is 2.96. The normalized spacial score (nSPS) is 18.5. The number of anilines is 1. The molecule has 94 valence electrons. The van der Waals surface area contributed by atoms with Gasteiger partial charge in [0.05, 0.1) is 18.1 Å². The molecule has 1 aliphatic rings. The minimum atomic E-state index is -3.60. The van der Waals surface area contributed by atoms with Gasteiger partial charge in [0.15, 0.2) is 0 Å². The Labute approximate surface area is 101 Å². The van der Waals surface area contributed by atoms with Crippen molar-refractivity contribution >= 4 is 15.7 Å². The quantitative estimate of drug-likeness (QED) is 0.834. The predicted molar refractivity (Wildman–Crippen MR) is 65.2 cm³/mol. The van der Waals surface area contributed by atoms with E-state index in [1.165, 1.54) is 12.1 Å². The van der Waals surface area contributed by atoms with Gasteiger partial charge in [-0.25, -0.2) is 13.6 Å². The number of primary sulfonamides is 1. The van der Waals surface area contributed by atoms with Crippen molar-refractivity contribution in [2.24, 2.45) is 10.6 Å². The maximum Gasteiger partial charge on any atom is 0.238 e. The van der Waals surface area contributed by atoms with E-state index in [9.17, 15) is 8.42 Å². The van der Waals surface area contributed by atoms with Crippen LogP contribution >= 0.6 is 0 Å². The molecule has 3 N–H and O–H groups in total. The second-order valence-corrected chi connectivity index (χ2v) is 6.29. The summed E-state index contributed by atoms with van der Waals surface area (Å²) in [5.74, 6) is 0. The average molecular weight is 256 g/mol. The lowest BCUT2D eigenvalue weighted by Gasteiger charge is -2.38. The highest BCUT2D eigenvalue weighted by atomic mass is 32.2. The molecule has 1 saturated heterocycles. The van der Waals surface area contributed by atoms with Crippen LogP contribution in [0.4, 0.5) is 5.69 Å². The van der Waals surface area contributed by atoms with Crippen LogP contribution in [-0.2, 0) is 14.8 Å². The van der Waals surface area contributed by atoms with Gasteiger partial charge in [-0.1, -0.05) is 6.92 Å². The van der Waals surface area contributed by atoms with Crippen molar-refractivity contribution in [1.29, 1.82) is 0 Å². The Kier molecular flexibility index (Phi) is 3.11. The van der Waals surface area contributed by atoms with Gasteiger partial charge in [0.2, 0.25) is 10.0 Å². The molecule has 1 aromatic carbocycles. The summed E-state index contributed by atoms with van der Waals surface area (Å²) in [6.07, 6.45) is 0. The first-order valence-electron chi connectivity index (χ1n) is 5.34. The van der Waals surface area contributed by atoms with E-state index in [0.717, 1.165) is 25.4 Å². The van der Waals surface area contributed by atoms with Crippen LogP contribution in [0.5, 0.6) is 0 Å². The van der Waals surface area contributed by atoms with E-state index in [0.29, 0.717) is 0 Å². The monoisotopic (exact) mass is 256 g/mol. The molecule has 1 aliphatic heterocycles. The Bertz CT molecular complexity index is 492. The first-order chi connectivity index (χ1) is 7.89. The molecule has 17 heavy (non-hydrogen) atoms. The number of sulfonamides is 1. The smallest absolute Gasteiger partial charge is 0.238 e. The van der Waals surface area contributed by atoms with Gasteiger partial charge in [-0.3, -0.25) is 0 Å². The van der Waals surface area contributed by atoms with Crippen molar-refractivity contribution in [3.63, 3.8) is 0 Å². The van der Waals surface area contributed by atoms with Crippen LogP contribution in [0.1, 0.15) is 6.92 Å². The second kappa shape index (κ2) is 4.29. The number of ether oxygens (including phenoxy) is 1. The van der Waals surface area contributed by atoms with Crippen LogP contribution in [0, 0.1) is 5.41 Å². The number of nitrogens with two attached hydrogens (primary N) is 1.